The van der Waals surface area contributed by atoms with Crippen LogP contribution in [0.5, 0.6) is 0 Å². The quantitative estimate of drug-likeness (QED) is 0.581. The van der Waals surface area contributed by atoms with Crippen LogP contribution in [0.2, 0.25) is 0 Å². The van der Waals surface area contributed by atoms with E-state index in [9.17, 15) is 19.6 Å². The van der Waals surface area contributed by atoms with Crippen LogP contribution in [0.4, 0.5) is 0 Å². The first-order chi connectivity index (χ1) is 15.4. The van der Waals surface area contributed by atoms with E-state index in [4.69, 9.17) is 0 Å². The van der Waals surface area contributed by atoms with Gasteiger partial charge in [0.05, 0.1) is 11.6 Å². The Bertz CT molecular complexity index is 1110. The van der Waals surface area contributed by atoms with E-state index in [0.717, 1.165) is 25.1 Å². The normalized spacial score (nSPS) is 20.6. The maximum absolute atomic E-state index is 13.2. The Morgan fingerprint density at radius 1 is 1.34 bits per heavy atom. The first-order valence-corrected chi connectivity index (χ1v) is 11.5. The van der Waals surface area contributed by atoms with Crippen molar-refractivity contribution in [1.29, 1.82) is 5.26 Å². The molecule has 9 heteroatoms. The third-order valence-electron chi connectivity index (χ3n) is 6.28. The molecule has 3 N–H and O–H groups in total. The average Bonchev–Trinajstić information content (AvgIpc) is 3.52. The fraction of sp³-hybridized carbons (Fsp3) is 0.609. The number of carbonyl (C=O) groups excluding carboxylic acids is 2. The number of pyridine rings is 1. The van der Waals surface area contributed by atoms with Crippen LogP contribution in [0, 0.1) is 23.2 Å². The number of carbonyl (C=O) groups is 2. The monoisotopic (exact) mass is 438 g/mol. The molecule has 0 aromatic carbocycles. The predicted molar refractivity (Wildman–Crippen MR) is 119 cm³/mol. The minimum absolute atomic E-state index is 0.0723. The summed E-state index contributed by atoms with van der Waals surface area (Å²) in [7, 11) is 0. The highest BCUT2D eigenvalue weighted by molar-refractivity contribution is 5.82. The summed E-state index contributed by atoms with van der Waals surface area (Å²) in [6, 6.07) is 2.32. The Morgan fingerprint density at radius 2 is 2.12 bits per heavy atom. The summed E-state index contributed by atoms with van der Waals surface area (Å²) in [5.41, 5.74) is 0.726. The van der Waals surface area contributed by atoms with Gasteiger partial charge in [0.15, 0.2) is 0 Å². The van der Waals surface area contributed by atoms with Crippen molar-refractivity contribution in [1.82, 2.24) is 25.2 Å². The highest BCUT2D eigenvalue weighted by atomic mass is 16.2. The first kappa shape index (κ1) is 22.1. The van der Waals surface area contributed by atoms with Gasteiger partial charge in [-0.1, -0.05) is 13.8 Å². The summed E-state index contributed by atoms with van der Waals surface area (Å²) in [5.74, 6) is 0.624. The van der Waals surface area contributed by atoms with Crippen molar-refractivity contribution < 1.29 is 9.59 Å². The Balaban J connectivity index is 1.56. The second kappa shape index (κ2) is 9.15. The molecular weight excluding hydrogens is 408 g/mol. The van der Waals surface area contributed by atoms with Crippen molar-refractivity contribution in [3.05, 3.63) is 28.4 Å². The molecule has 4 rings (SSSR count). The predicted octanol–water partition coefficient (Wildman–Crippen LogP) is 2.11. The van der Waals surface area contributed by atoms with E-state index < -0.39 is 12.1 Å². The number of nitrogens with zero attached hydrogens (tertiary/aromatic N) is 3. The summed E-state index contributed by atoms with van der Waals surface area (Å²) >= 11 is 0. The van der Waals surface area contributed by atoms with Crippen LogP contribution in [0.3, 0.4) is 0 Å². The molecule has 1 aliphatic carbocycles. The number of hydrogen-bond acceptors (Lipinski definition) is 5. The van der Waals surface area contributed by atoms with Crippen LogP contribution < -0.4 is 16.2 Å². The van der Waals surface area contributed by atoms with Gasteiger partial charge in [0.25, 0.3) is 5.56 Å². The number of aromatic amines is 1. The third kappa shape index (κ3) is 4.69. The molecule has 0 spiro atoms. The number of piperidine rings is 1. The lowest BCUT2D eigenvalue weighted by molar-refractivity contribution is -0.128. The SMILES string of the molecule is CC(C)C[C@@H](C(=O)N[C@H](C#N)C[C@@H]1CCCNC1=O)n1ccc2nc(C3CC3)[nH]c2c1=O. The third-order valence-corrected chi connectivity index (χ3v) is 6.28. The molecule has 2 aliphatic rings. The van der Waals surface area contributed by atoms with Gasteiger partial charge < -0.3 is 20.2 Å². The first-order valence-electron chi connectivity index (χ1n) is 11.5. The summed E-state index contributed by atoms with van der Waals surface area (Å²) in [6.45, 7) is 4.62. The lowest BCUT2D eigenvalue weighted by atomic mass is 9.91. The zero-order valence-corrected chi connectivity index (χ0v) is 18.6. The summed E-state index contributed by atoms with van der Waals surface area (Å²) in [4.78, 5) is 46.2. The fourth-order valence-corrected chi connectivity index (χ4v) is 4.38. The zero-order valence-electron chi connectivity index (χ0n) is 18.6. The maximum atomic E-state index is 13.2. The van der Waals surface area contributed by atoms with Crippen molar-refractivity contribution in [3.8, 4) is 6.07 Å². The number of nitrogens with one attached hydrogen (secondary N) is 3. The molecule has 3 atom stereocenters. The highest BCUT2D eigenvalue weighted by Gasteiger charge is 2.31. The van der Waals surface area contributed by atoms with Gasteiger partial charge in [-0.3, -0.25) is 14.4 Å². The van der Waals surface area contributed by atoms with Crippen molar-refractivity contribution in [2.45, 2.75) is 70.4 Å². The summed E-state index contributed by atoms with van der Waals surface area (Å²) < 4.78 is 1.44. The number of amides is 2. The minimum atomic E-state index is -0.793. The molecule has 0 unspecified atom stereocenters. The Morgan fingerprint density at radius 3 is 2.78 bits per heavy atom. The topological polar surface area (TPSA) is 133 Å². The molecule has 2 aromatic heterocycles. The van der Waals surface area contributed by atoms with Gasteiger partial charge in [0, 0.05) is 24.6 Å². The van der Waals surface area contributed by atoms with Crippen LogP contribution in [0.1, 0.15) is 70.2 Å². The van der Waals surface area contributed by atoms with Crippen LogP contribution >= 0.6 is 0 Å². The van der Waals surface area contributed by atoms with Crippen molar-refractivity contribution in [3.63, 3.8) is 0 Å². The largest absolute Gasteiger partial charge is 0.356 e. The summed E-state index contributed by atoms with van der Waals surface area (Å²) in [6.07, 6.45) is 6.03. The second-order valence-electron chi connectivity index (χ2n) is 9.39. The molecule has 32 heavy (non-hydrogen) atoms. The van der Waals surface area contributed by atoms with E-state index in [-0.39, 0.29) is 35.6 Å². The number of fused-ring (bicyclic) bond motifs is 1. The number of nitriles is 1. The molecule has 2 amide bonds. The fourth-order valence-electron chi connectivity index (χ4n) is 4.38. The van der Waals surface area contributed by atoms with Crippen LogP contribution in [-0.2, 0) is 9.59 Å². The van der Waals surface area contributed by atoms with E-state index in [1.165, 1.54) is 4.57 Å². The van der Waals surface area contributed by atoms with Gasteiger partial charge in [0.1, 0.15) is 23.4 Å². The molecule has 2 fully saturated rings. The summed E-state index contributed by atoms with van der Waals surface area (Å²) in [5, 5.41) is 15.2. The number of rotatable bonds is 8. The van der Waals surface area contributed by atoms with E-state index in [2.05, 4.69) is 26.7 Å². The lowest BCUT2D eigenvalue weighted by Crippen LogP contribution is -2.45. The lowest BCUT2D eigenvalue weighted by Gasteiger charge is -2.26. The van der Waals surface area contributed by atoms with Crippen LogP contribution in [-0.4, -0.2) is 38.9 Å². The number of hydrogen-bond donors (Lipinski definition) is 3. The van der Waals surface area contributed by atoms with Crippen molar-refractivity contribution in [2.24, 2.45) is 11.8 Å². The average molecular weight is 439 g/mol. The molecular formula is C23H30N6O3. The van der Waals surface area contributed by atoms with Gasteiger partial charge in [-0.15, -0.1) is 0 Å². The molecule has 2 aromatic rings. The van der Waals surface area contributed by atoms with Crippen molar-refractivity contribution >= 4 is 22.8 Å². The molecule has 1 saturated heterocycles. The molecule has 170 valence electrons. The van der Waals surface area contributed by atoms with E-state index in [1.807, 2.05) is 13.8 Å². The molecule has 3 heterocycles. The number of aromatic nitrogens is 3. The van der Waals surface area contributed by atoms with Crippen LogP contribution in [0.25, 0.3) is 11.0 Å². The zero-order chi connectivity index (χ0) is 22.8. The van der Waals surface area contributed by atoms with Gasteiger partial charge in [0.2, 0.25) is 11.8 Å². The van der Waals surface area contributed by atoms with Crippen molar-refractivity contribution in [2.75, 3.05) is 6.54 Å². The second-order valence-corrected chi connectivity index (χ2v) is 9.39. The smallest absolute Gasteiger partial charge is 0.277 e. The Hall–Kier alpha value is -3.15. The van der Waals surface area contributed by atoms with Gasteiger partial charge in [-0.2, -0.15) is 5.26 Å². The molecule has 0 radical (unpaired) electrons. The highest BCUT2D eigenvalue weighted by Crippen LogP contribution is 2.38. The van der Waals surface area contributed by atoms with Crippen LogP contribution in [0.15, 0.2) is 17.1 Å². The standard InChI is InChI=1S/C23H30N6O3/c1-13(2)10-18(22(31)26-16(12-24)11-15-4-3-8-25-21(15)30)29-9-7-17-19(23(29)32)28-20(27-17)14-5-6-14/h7,9,13-16,18H,3-6,8,10-11H2,1-2H3,(H,25,30)(H,26,31)(H,27,28)/t15-,16-,18-/m0/s1. The number of imidazole rings is 1. The van der Waals surface area contributed by atoms with E-state index >= 15 is 0 Å². The van der Waals surface area contributed by atoms with Gasteiger partial charge >= 0.3 is 0 Å². The van der Waals surface area contributed by atoms with Gasteiger partial charge in [-0.05, 0) is 50.5 Å². The molecule has 1 aliphatic heterocycles. The van der Waals surface area contributed by atoms with E-state index in [0.29, 0.717) is 36.3 Å². The molecule has 0 bridgehead atoms. The Labute approximate surface area is 186 Å². The van der Waals surface area contributed by atoms with E-state index in [1.54, 1.807) is 12.3 Å². The van der Waals surface area contributed by atoms with Gasteiger partial charge in [-0.25, -0.2) is 4.98 Å². The minimum Gasteiger partial charge on any atom is -0.356 e. The maximum Gasteiger partial charge on any atom is 0.277 e. The molecule has 9 nitrogen and oxygen atoms in total. The number of H-pyrrole nitrogens is 1. The Kier molecular flexibility index (Phi) is 6.31. The molecule has 1 saturated carbocycles.